The van der Waals surface area contributed by atoms with E-state index in [4.69, 9.17) is 11.6 Å². The second-order valence-corrected chi connectivity index (χ2v) is 7.18. The zero-order valence-electron chi connectivity index (χ0n) is 12.5. The average molecular weight is 353 g/mol. The van der Waals surface area contributed by atoms with E-state index in [2.05, 4.69) is 10.0 Å². The number of hydrogen-bond acceptors (Lipinski definition) is 3. The minimum absolute atomic E-state index is 0.0897. The molecule has 122 valence electrons. The van der Waals surface area contributed by atoms with Crippen molar-refractivity contribution >= 4 is 27.5 Å². The van der Waals surface area contributed by atoms with E-state index in [1.165, 1.54) is 12.1 Å². The zero-order valence-corrected chi connectivity index (χ0v) is 14.1. The van der Waals surface area contributed by atoms with Crippen molar-refractivity contribution in [2.75, 3.05) is 13.1 Å². The highest BCUT2D eigenvalue weighted by atomic mass is 35.5. The van der Waals surface area contributed by atoms with Crippen molar-refractivity contribution in [3.05, 3.63) is 64.7 Å². The SMILES string of the molecule is Cc1cccc(C(=O)NCCNS(=O)(=O)c2cccc(Cl)c2)c1. The monoisotopic (exact) mass is 352 g/mol. The predicted molar refractivity (Wildman–Crippen MR) is 90.2 cm³/mol. The van der Waals surface area contributed by atoms with E-state index in [0.29, 0.717) is 10.6 Å². The lowest BCUT2D eigenvalue weighted by Crippen LogP contribution is -2.34. The number of benzene rings is 2. The van der Waals surface area contributed by atoms with Crippen LogP contribution < -0.4 is 10.0 Å². The molecule has 2 aromatic carbocycles. The molecule has 0 atom stereocenters. The number of rotatable bonds is 6. The van der Waals surface area contributed by atoms with Crippen LogP contribution in [-0.4, -0.2) is 27.4 Å². The van der Waals surface area contributed by atoms with Crippen LogP contribution in [0.4, 0.5) is 0 Å². The molecule has 0 fully saturated rings. The second-order valence-electron chi connectivity index (χ2n) is 4.98. The van der Waals surface area contributed by atoms with Gasteiger partial charge in [-0.05, 0) is 37.3 Å². The van der Waals surface area contributed by atoms with Crippen LogP contribution in [-0.2, 0) is 10.0 Å². The van der Waals surface area contributed by atoms with Crippen LogP contribution in [0, 0.1) is 6.92 Å². The Balaban J connectivity index is 1.86. The Labute approximate surface area is 140 Å². The van der Waals surface area contributed by atoms with Crippen molar-refractivity contribution in [2.24, 2.45) is 0 Å². The molecule has 0 bridgehead atoms. The third-order valence-corrected chi connectivity index (χ3v) is 4.78. The first-order valence-corrected chi connectivity index (χ1v) is 8.85. The lowest BCUT2D eigenvalue weighted by atomic mass is 10.1. The largest absolute Gasteiger partial charge is 0.351 e. The van der Waals surface area contributed by atoms with Crippen molar-refractivity contribution < 1.29 is 13.2 Å². The molecule has 2 rings (SSSR count). The lowest BCUT2D eigenvalue weighted by Gasteiger charge is -2.08. The summed E-state index contributed by atoms with van der Waals surface area (Å²) in [5, 5.41) is 3.02. The summed E-state index contributed by atoms with van der Waals surface area (Å²) in [6, 6.07) is 13.2. The van der Waals surface area contributed by atoms with Crippen LogP contribution in [0.15, 0.2) is 53.4 Å². The molecule has 1 amide bonds. The molecule has 0 radical (unpaired) electrons. The van der Waals surface area contributed by atoms with Crippen molar-refractivity contribution in [1.82, 2.24) is 10.0 Å². The molecule has 23 heavy (non-hydrogen) atoms. The fourth-order valence-corrected chi connectivity index (χ4v) is 3.30. The third-order valence-electron chi connectivity index (χ3n) is 3.09. The fraction of sp³-hybridized carbons (Fsp3) is 0.188. The highest BCUT2D eigenvalue weighted by Crippen LogP contribution is 2.14. The molecule has 5 nitrogen and oxygen atoms in total. The molecular formula is C16H17ClN2O3S. The Morgan fingerprint density at radius 2 is 1.83 bits per heavy atom. The summed E-state index contributed by atoms with van der Waals surface area (Å²) >= 11 is 5.79. The van der Waals surface area contributed by atoms with Crippen molar-refractivity contribution in [3.8, 4) is 0 Å². The van der Waals surface area contributed by atoms with Gasteiger partial charge in [0.1, 0.15) is 0 Å². The molecule has 0 saturated heterocycles. The normalized spacial score (nSPS) is 11.2. The standard InChI is InChI=1S/C16H17ClN2O3S/c1-12-4-2-5-13(10-12)16(20)18-8-9-19-23(21,22)15-7-3-6-14(17)11-15/h2-7,10-11,19H,8-9H2,1H3,(H,18,20). The van der Waals surface area contributed by atoms with E-state index >= 15 is 0 Å². The molecule has 0 aromatic heterocycles. The van der Waals surface area contributed by atoms with E-state index < -0.39 is 10.0 Å². The molecule has 0 unspecified atom stereocenters. The minimum Gasteiger partial charge on any atom is -0.351 e. The fourth-order valence-electron chi connectivity index (χ4n) is 1.97. The highest BCUT2D eigenvalue weighted by Gasteiger charge is 2.13. The molecule has 0 spiro atoms. The number of sulfonamides is 1. The van der Waals surface area contributed by atoms with E-state index in [0.717, 1.165) is 5.56 Å². The highest BCUT2D eigenvalue weighted by molar-refractivity contribution is 7.89. The number of amides is 1. The summed E-state index contributed by atoms with van der Waals surface area (Å²) < 4.78 is 26.5. The first-order chi connectivity index (χ1) is 10.9. The van der Waals surface area contributed by atoms with E-state index in [1.807, 2.05) is 13.0 Å². The maximum Gasteiger partial charge on any atom is 0.251 e. The summed E-state index contributed by atoms with van der Waals surface area (Å²) in [7, 11) is -3.64. The summed E-state index contributed by atoms with van der Waals surface area (Å²) in [6.07, 6.45) is 0. The number of aryl methyl sites for hydroxylation is 1. The van der Waals surface area contributed by atoms with Gasteiger partial charge in [-0.1, -0.05) is 35.4 Å². The van der Waals surface area contributed by atoms with Gasteiger partial charge in [-0.2, -0.15) is 0 Å². The molecule has 0 aliphatic rings. The van der Waals surface area contributed by atoms with Crippen LogP contribution >= 0.6 is 11.6 Å². The number of halogens is 1. The van der Waals surface area contributed by atoms with Gasteiger partial charge in [0.2, 0.25) is 10.0 Å². The van der Waals surface area contributed by atoms with Crippen LogP contribution in [0.3, 0.4) is 0 Å². The molecule has 0 aliphatic carbocycles. The topological polar surface area (TPSA) is 75.3 Å². The van der Waals surface area contributed by atoms with Crippen LogP contribution in [0.2, 0.25) is 5.02 Å². The predicted octanol–water partition coefficient (Wildman–Crippen LogP) is 2.36. The van der Waals surface area contributed by atoms with Crippen molar-refractivity contribution in [2.45, 2.75) is 11.8 Å². The van der Waals surface area contributed by atoms with Crippen LogP contribution in [0.1, 0.15) is 15.9 Å². The molecule has 0 aliphatic heterocycles. The number of nitrogens with one attached hydrogen (secondary N) is 2. The molecular weight excluding hydrogens is 336 g/mol. The smallest absolute Gasteiger partial charge is 0.251 e. The number of hydrogen-bond donors (Lipinski definition) is 2. The van der Waals surface area contributed by atoms with Gasteiger partial charge in [0.25, 0.3) is 5.91 Å². The maximum absolute atomic E-state index is 12.1. The number of carbonyl (C=O) groups is 1. The Kier molecular flexibility index (Phi) is 5.76. The van der Waals surface area contributed by atoms with Gasteiger partial charge in [0.05, 0.1) is 4.90 Å². The Bertz CT molecular complexity index is 806. The van der Waals surface area contributed by atoms with Crippen LogP contribution in [0.5, 0.6) is 0 Å². The quantitative estimate of drug-likeness (QED) is 0.784. The van der Waals surface area contributed by atoms with Gasteiger partial charge in [-0.3, -0.25) is 4.79 Å². The molecule has 7 heteroatoms. The first kappa shape index (κ1) is 17.5. The van der Waals surface area contributed by atoms with Gasteiger partial charge in [-0.25, -0.2) is 13.1 Å². The summed E-state index contributed by atoms with van der Waals surface area (Å²) in [4.78, 5) is 12.0. The van der Waals surface area contributed by atoms with Gasteiger partial charge in [0.15, 0.2) is 0 Å². The van der Waals surface area contributed by atoms with E-state index in [9.17, 15) is 13.2 Å². The molecule has 2 N–H and O–H groups in total. The van der Waals surface area contributed by atoms with Crippen molar-refractivity contribution in [1.29, 1.82) is 0 Å². The molecule has 0 saturated carbocycles. The summed E-state index contributed by atoms with van der Waals surface area (Å²) in [5.74, 6) is -0.240. The minimum atomic E-state index is -3.64. The Morgan fingerprint density at radius 3 is 2.52 bits per heavy atom. The van der Waals surface area contributed by atoms with Crippen molar-refractivity contribution in [3.63, 3.8) is 0 Å². The third kappa shape index (κ3) is 5.06. The van der Waals surface area contributed by atoms with Gasteiger partial charge >= 0.3 is 0 Å². The van der Waals surface area contributed by atoms with E-state index in [-0.39, 0.29) is 23.9 Å². The average Bonchev–Trinajstić information content (AvgIpc) is 2.51. The van der Waals surface area contributed by atoms with E-state index in [1.54, 1.807) is 30.3 Å². The lowest BCUT2D eigenvalue weighted by molar-refractivity contribution is 0.0954. The molecule has 2 aromatic rings. The zero-order chi connectivity index (χ0) is 16.9. The van der Waals surface area contributed by atoms with Gasteiger partial charge in [0, 0.05) is 23.7 Å². The van der Waals surface area contributed by atoms with Gasteiger partial charge < -0.3 is 5.32 Å². The van der Waals surface area contributed by atoms with Crippen LogP contribution in [0.25, 0.3) is 0 Å². The number of carbonyl (C=O) groups excluding carboxylic acids is 1. The summed E-state index contributed by atoms with van der Waals surface area (Å²) in [6.45, 7) is 2.18. The second kappa shape index (κ2) is 7.59. The Hall–Kier alpha value is -1.89. The Morgan fingerprint density at radius 1 is 1.09 bits per heavy atom. The summed E-state index contributed by atoms with van der Waals surface area (Å²) in [5.41, 5.74) is 1.53. The first-order valence-electron chi connectivity index (χ1n) is 6.98. The maximum atomic E-state index is 12.1. The van der Waals surface area contributed by atoms with Gasteiger partial charge in [-0.15, -0.1) is 0 Å². The molecule has 0 heterocycles.